The summed E-state index contributed by atoms with van der Waals surface area (Å²) in [6, 6.07) is 8.42. The van der Waals surface area contributed by atoms with Crippen LogP contribution in [-0.4, -0.2) is 6.54 Å². The van der Waals surface area contributed by atoms with Crippen LogP contribution >= 0.6 is 15.9 Å². The molecule has 0 amide bonds. The van der Waals surface area contributed by atoms with E-state index in [9.17, 15) is 0 Å². The number of rotatable bonds is 2. The fourth-order valence-corrected chi connectivity index (χ4v) is 2.24. The Balaban J connectivity index is 2.19. The van der Waals surface area contributed by atoms with Crippen LogP contribution in [0.4, 0.5) is 0 Å². The molecule has 1 aliphatic rings. The van der Waals surface area contributed by atoms with Gasteiger partial charge >= 0.3 is 0 Å². The predicted molar refractivity (Wildman–Crippen MR) is 54.0 cm³/mol. The lowest BCUT2D eigenvalue weighted by atomic mass is 10.1. The minimum Gasteiger partial charge on any atom is -0.330 e. The van der Waals surface area contributed by atoms with Crippen molar-refractivity contribution in [2.45, 2.75) is 12.3 Å². The Morgan fingerprint density at radius 2 is 2.17 bits per heavy atom. The molecular formula is C10H12BrN. The lowest BCUT2D eigenvalue weighted by Gasteiger charge is -2.01. The Labute approximate surface area is 81.1 Å². The molecule has 0 unspecified atom stereocenters. The van der Waals surface area contributed by atoms with Crippen LogP contribution < -0.4 is 5.73 Å². The fourth-order valence-electron chi connectivity index (χ4n) is 1.66. The van der Waals surface area contributed by atoms with E-state index in [1.165, 1.54) is 16.5 Å². The zero-order chi connectivity index (χ0) is 8.55. The molecule has 2 N–H and O–H groups in total. The molecule has 1 aliphatic carbocycles. The smallest absolute Gasteiger partial charge is 0.0210 e. The molecule has 2 rings (SSSR count). The molecule has 2 heteroatoms. The van der Waals surface area contributed by atoms with Crippen LogP contribution in [-0.2, 0) is 0 Å². The number of nitrogens with two attached hydrogens (primary N) is 1. The fraction of sp³-hybridized carbons (Fsp3) is 0.400. The average Bonchev–Trinajstić information content (AvgIpc) is 2.84. The van der Waals surface area contributed by atoms with Crippen LogP contribution in [0.15, 0.2) is 28.7 Å². The van der Waals surface area contributed by atoms with Crippen LogP contribution in [0.2, 0.25) is 0 Å². The third kappa shape index (κ3) is 1.41. The van der Waals surface area contributed by atoms with E-state index in [0.717, 1.165) is 12.5 Å². The first kappa shape index (κ1) is 8.27. The first-order chi connectivity index (χ1) is 5.83. The Morgan fingerprint density at radius 3 is 2.75 bits per heavy atom. The maximum Gasteiger partial charge on any atom is 0.0210 e. The van der Waals surface area contributed by atoms with Crippen LogP contribution in [0.5, 0.6) is 0 Å². The Morgan fingerprint density at radius 1 is 1.42 bits per heavy atom. The lowest BCUT2D eigenvalue weighted by Crippen LogP contribution is -2.02. The summed E-state index contributed by atoms with van der Waals surface area (Å²) in [7, 11) is 0. The molecule has 1 nitrogen and oxygen atoms in total. The SMILES string of the molecule is NC[C@H]1C[C@H]1c1ccccc1Br. The molecule has 12 heavy (non-hydrogen) atoms. The molecule has 1 saturated carbocycles. The quantitative estimate of drug-likeness (QED) is 0.823. The van der Waals surface area contributed by atoms with Crippen molar-refractivity contribution in [3.05, 3.63) is 34.3 Å². The van der Waals surface area contributed by atoms with Crippen molar-refractivity contribution in [1.29, 1.82) is 0 Å². The minimum absolute atomic E-state index is 0.713. The highest BCUT2D eigenvalue weighted by Crippen LogP contribution is 2.48. The zero-order valence-corrected chi connectivity index (χ0v) is 8.42. The summed E-state index contributed by atoms with van der Waals surface area (Å²) in [5.74, 6) is 1.44. The lowest BCUT2D eigenvalue weighted by molar-refractivity contribution is 0.808. The predicted octanol–water partition coefficient (Wildman–Crippen LogP) is 2.51. The number of hydrogen-bond acceptors (Lipinski definition) is 1. The molecule has 0 spiro atoms. The van der Waals surface area contributed by atoms with Crippen molar-refractivity contribution in [3.63, 3.8) is 0 Å². The van der Waals surface area contributed by atoms with Crippen LogP contribution in [0.3, 0.4) is 0 Å². The van der Waals surface area contributed by atoms with Gasteiger partial charge in [-0.15, -0.1) is 0 Å². The van der Waals surface area contributed by atoms with Crippen LogP contribution in [0.1, 0.15) is 17.9 Å². The molecule has 1 aromatic rings. The topological polar surface area (TPSA) is 26.0 Å². The largest absolute Gasteiger partial charge is 0.330 e. The normalized spacial score (nSPS) is 27.2. The Bertz CT molecular complexity index is 285. The van der Waals surface area contributed by atoms with Gasteiger partial charge in [0.15, 0.2) is 0 Å². The van der Waals surface area contributed by atoms with Crippen molar-refractivity contribution in [2.24, 2.45) is 11.7 Å². The molecule has 0 radical (unpaired) electrons. The second kappa shape index (κ2) is 3.19. The van der Waals surface area contributed by atoms with Crippen molar-refractivity contribution in [1.82, 2.24) is 0 Å². The molecule has 0 heterocycles. The second-order valence-corrected chi connectivity index (χ2v) is 4.21. The van der Waals surface area contributed by atoms with Gasteiger partial charge in [-0.25, -0.2) is 0 Å². The summed E-state index contributed by atoms with van der Waals surface area (Å²) in [6.45, 7) is 0.825. The summed E-state index contributed by atoms with van der Waals surface area (Å²) in [5, 5.41) is 0. The van der Waals surface area contributed by atoms with Gasteiger partial charge in [-0.05, 0) is 36.4 Å². The van der Waals surface area contributed by atoms with Gasteiger partial charge in [0, 0.05) is 4.47 Å². The molecule has 1 fully saturated rings. The number of halogens is 1. The summed E-state index contributed by atoms with van der Waals surface area (Å²) >= 11 is 3.55. The first-order valence-corrected chi connectivity index (χ1v) is 5.06. The summed E-state index contributed by atoms with van der Waals surface area (Å²) in [5.41, 5.74) is 7.02. The maximum absolute atomic E-state index is 5.60. The van der Waals surface area contributed by atoms with Crippen molar-refractivity contribution >= 4 is 15.9 Å². The van der Waals surface area contributed by atoms with E-state index in [4.69, 9.17) is 5.73 Å². The third-order valence-corrected chi connectivity index (χ3v) is 3.25. The number of hydrogen-bond donors (Lipinski definition) is 1. The molecule has 0 bridgehead atoms. The van der Waals surface area contributed by atoms with Crippen molar-refractivity contribution in [3.8, 4) is 0 Å². The van der Waals surface area contributed by atoms with E-state index < -0.39 is 0 Å². The summed E-state index contributed by atoms with van der Waals surface area (Å²) < 4.78 is 1.23. The summed E-state index contributed by atoms with van der Waals surface area (Å²) in [6.07, 6.45) is 1.26. The van der Waals surface area contributed by atoms with Gasteiger partial charge in [0.1, 0.15) is 0 Å². The van der Waals surface area contributed by atoms with Gasteiger partial charge in [-0.3, -0.25) is 0 Å². The monoisotopic (exact) mass is 225 g/mol. The molecule has 0 saturated heterocycles. The van der Waals surface area contributed by atoms with E-state index in [0.29, 0.717) is 5.92 Å². The van der Waals surface area contributed by atoms with E-state index >= 15 is 0 Å². The molecule has 64 valence electrons. The van der Waals surface area contributed by atoms with E-state index in [2.05, 4.69) is 34.1 Å². The summed E-state index contributed by atoms with van der Waals surface area (Å²) in [4.78, 5) is 0. The minimum atomic E-state index is 0.713. The Kier molecular flexibility index (Phi) is 2.20. The highest BCUT2D eigenvalue weighted by molar-refractivity contribution is 9.10. The van der Waals surface area contributed by atoms with Crippen molar-refractivity contribution < 1.29 is 0 Å². The maximum atomic E-state index is 5.60. The standard InChI is InChI=1S/C10H12BrN/c11-10-4-2-1-3-8(10)9-5-7(9)6-12/h1-4,7,9H,5-6,12H2/t7-,9-/m1/s1. The Hall–Kier alpha value is -0.340. The van der Waals surface area contributed by atoms with Gasteiger partial charge < -0.3 is 5.73 Å². The molecular weight excluding hydrogens is 214 g/mol. The number of benzene rings is 1. The van der Waals surface area contributed by atoms with Crippen LogP contribution in [0, 0.1) is 5.92 Å². The second-order valence-electron chi connectivity index (χ2n) is 3.36. The van der Waals surface area contributed by atoms with Gasteiger partial charge in [0.25, 0.3) is 0 Å². The highest BCUT2D eigenvalue weighted by atomic mass is 79.9. The van der Waals surface area contributed by atoms with E-state index in [-0.39, 0.29) is 0 Å². The third-order valence-electron chi connectivity index (χ3n) is 2.53. The highest BCUT2D eigenvalue weighted by Gasteiger charge is 2.37. The van der Waals surface area contributed by atoms with Gasteiger partial charge in [0.05, 0.1) is 0 Å². The molecule has 2 atom stereocenters. The van der Waals surface area contributed by atoms with Gasteiger partial charge in [0.2, 0.25) is 0 Å². The van der Waals surface area contributed by atoms with Crippen molar-refractivity contribution in [2.75, 3.05) is 6.54 Å². The zero-order valence-electron chi connectivity index (χ0n) is 6.83. The molecule has 0 aromatic heterocycles. The molecule has 0 aliphatic heterocycles. The van der Waals surface area contributed by atoms with E-state index in [1.54, 1.807) is 0 Å². The van der Waals surface area contributed by atoms with E-state index in [1.807, 2.05) is 6.07 Å². The van der Waals surface area contributed by atoms with Gasteiger partial charge in [-0.2, -0.15) is 0 Å². The van der Waals surface area contributed by atoms with Gasteiger partial charge in [-0.1, -0.05) is 34.1 Å². The van der Waals surface area contributed by atoms with Crippen LogP contribution in [0.25, 0.3) is 0 Å². The average molecular weight is 226 g/mol. The first-order valence-electron chi connectivity index (χ1n) is 4.27. The molecule has 1 aromatic carbocycles.